The van der Waals surface area contributed by atoms with Crippen molar-refractivity contribution in [2.75, 3.05) is 20.6 Å². The molecule has 0 aliphatic carbocycles. The Morgan fingerprint density at radius 2 is 2.14 bits per heavy atom. The van der Waals surface area contributed by atoms with Crippen molar-refractivity contribution < 1.29 is 18.3 Å². The van der Waals surface area contributed by atoms with E-state index in [1.807, 2.05) is 19.0 Å². The molecule has 2 rings (SSSR count). The SMILES string of the molecule is Cc1[c]ccc(S(=O)(=O)N2C[C@H](N(C)C)C[C@H]2C(=O)O)c1. The van der Waals surface area contributed by atoms with Gasteiger partial charge >= 0.3 is 5.97 Å². The van der Waals surface area contributed by atoms with Gasteiger partial charge in [-0.2, -0.15) is 4.31 Å². The van der Waals surface area contributed by atoms with Crippen molar-refractivity contribution in [3.05, 3.63) is 29.8 Å². The van der Waals surface area contributed by atoms with E-state index < -0.39 is 22.0 Å². The predicted molar refractivity (Wildman–Crippen MR) is 77.4 cm³/mol. The lowest BCUT2D eigenvalue weighted by molar-refractivity contribution is -0.140. The molecule has 1 aromatic rings. The zero-order chi connectivity index (χ0) is 15.8. The van der Waals surface area contributed by atoms with E-state index in [-0.39, 0.29) is 17.5 Å². The summed E-state index contributed by atoms with van der Waals surface area (Å²) in [5.41, 5.74) is 0.700. The summed E-state index contributed by atoms with van der Waals surface area (Å²) >= 11 is 0. The number of carboxylic acid groups (broad SMARTS) is 1. The van der Waals surface area contributed by atoms with E-state index in [1.54, 1.807) is 6.92 Å². The van der Waals surface area contributed by atoms with E-state index >= 15 is 0 Å². The summed E-state index contributed by atoms with van der Waals surface area (Å²) in [5, 5.41) is 9.32. The molecule has 0 amide bonds. The topological polar surface area (TPSA) is 77.9 Å². The highest BCUT2D eigenvalue weighted by molar-refractivity contribution is 7.89. The third-order valence-corrected chi connectivity index (χ3v) is 5.64. The number of carboxylic acids is 1. The average Bonchev–Trinajstić information content (AvgIpc) is 2.84. The smallest absolute Gasteiger partial charge is 0.322 e. The monoisotopic (exact) mass is 311 g/mol. The van der Waals surface area contributed by atoms with Crippen molar-refractivity contribution in [2.24, 2.45) is 0 Å². The Hall–Kier alpha value is -1.44. The van der Waals surface area contributed by atoms with Gasteiger partial charge in [0.2, 0.25) is 10.0 Å². The lowest BCUT2D eigenvalue weighted by atomic mass is 10.1. The predicted octanol–water partition coefficient (Wildman–Crippen LogP) is 0.573. The van der Waals surface area contributed by atoms with Crippen LogP contribution in [0.5, 0.6) is 0 Å². The van der Waals surface area contributed by atoms with Crippen LogP contribution in [0.25, 0.3) is 0 Å². The molecule has 0 unspecified atom stereocenters. The first-order valence-electron chi connectivity index (χ1n) is 6.63. The van der Waals surface area contributed by atoms with Crippen LogP contribution in [-0.2, 0) is 14.8 Å². The second kappa shape index (κ2) is 5.75. The summed E-state index contributed by atoms with van der Waals surface area (Å²) in [4.78, 5) is 13.4. The summed E-state index contributed by atoms with van der Waals surface area (Å²) in [6.45, 7) is 1.93. The van der Waals surface area contributed by atoms with Gasteiger partial charge in [-0.3, -0.25) is 4.79 Å². The number of likely N-dealkylation sites (N-methyl/N-ethyl adjacent to an activating group) is 1. The van der Waals surface area contributed by atoms with Crippen LogP contribution in [0.15, 0.2) is 23.1 Å². The molecule has 115 valence electrons. The van der Waals surface area contributed by atoms with Crippen molar-refractivity contribution in [1.29, 1.82) is 0 Å². The fourth-order valence-corrected chi connectivity index (χ4v) is 4.22. The molecule has 0 aromatic heterocycles. The highest BCUT2D eigenvalue weighted by Crippen LogP contribution is 2.28. The maximum atomic E-state index is 12.7. The van der Waals surface area contributed by atoms with Gasteiger partial charge in [-0.05, 0) is 51.2 Å². The number of carbonyl (C=O) groups is 1. The van der Waals surface area contributed by atoms with Crippen molar-refractivity contribution in [2.45, 2.75) is 30.3 Å². The van der Waals surface area contributed by atoms with E-state index in [4.69, 9.17) is 0 Å². The number of rotatable bonds is 4. The van der Waals surface area contributed by atoms with Crippen LogP contribution in [-0.4, -0.2) is 61.4 Å². The molecule has 1 saturated heterocycles. The number of aryl methyl sites for hydroxylation is 1. The molecule has 1 heterocycles. The number of hydrogen-bond acceptors (Lipinski definition) is 4. The number of nitrogens with zero attached hydrogens (tertiary/aromatic N) is 2. The summed E-state index contributed by atoms with van der Waals surface area (Å²) in [6, 6.07) is 6.27. The lowest BCUT2D eigenvalue weighted by Gasteiger charge is -2.22. The Kier molecular flexibility index (Phi) is 4.36. The van der Waals surface area contributed by atoms with Crippen molar-refractivity contribution in [3.63, 3.8) is 0 Å². The van der Waals surface area contributed by atoms with Gasteiger partial charge in [0.05, 0.1) is 4.90 Å². The second-order valence-electron chi connectivity index (χ2n) is 5.49. The quantitative estimate of drug-likeness (QED) is 0.880. The Balaban J connectivity index is 2.40. The molecular formula is C14H19N2O4S. The van der Waals surface area contributed by atoms with Gasteiger partial charge < -0.3 is 10.0 Å². The number of benzene rings is 1. The van der Waals surface area contributed by atoms with Crippen molar-refractivity contribution in [3.8, 4) is 0 Å². The summed E-state index contributed by atoms with van der Waals surface area (Å²) in [5.74, 6) is -1.11. The molecule has 7 heteroatoms. The third kappa shape index (κ3) is 3.09. The van der Waals surface area contributed by atoms with Gasteiger partial charge in [0, 0.05) is 12.6 Å². The fourth-order valence-electron chi connectivity index (χ4n) is 2.50. The minimum Gasteiger partial charge on any atom is -0.480 e. The van der Waals surface area contributed by atoms with Crippen molar-refractivity contribution in [1.82, 2.24) is 9.21 Å². The highest BCUT2D eigenvalue weighted by atomic mass is 32.2. The molecule has 1 aliphatic rings. The van der Waals surface area contributed by atoms with Gasteiger partial charge in [0.25, 0.3) is 0 Å². The number of aliphatic carboxylic acids is 1. The summed E-state index contributed by atoms with van der Waals surface area (Å²) in [6.07, 6.45) is 0.291. The van der Waals surface area contributed by atoms with E-state index in [2.05, 4.69) is 6.07 Å². The molecule has 21 heavy (non-hydrogen) atoms. The van der Waals surface area contributed by atoms with E-state index in [1.165, 1.54) is 18.2 Å². The van der Waals surface area contributed by atoms with Gasteiger partial charge in [-0.25, -0.2) is 8.42 Å². The first kappa shape index (κ1) is 15.9. The minimum absolute atomic E-state index is 0.0998. The first-order chi connectivity index (χ1) is 9.73. The Labute approximate surface area is 125 Å². The Morgan fingerprint density at radius 3 is 2.67 bits per heavy atom. The van der Waals surface area contributed by atoms with Crippen molar-refractivity contribution >= 4 is 16.0 Å². The van der Waals surface area contributed by atoms with Crippen LogP contribution in [0.2, 0.25) is 0 Å². The number of sulfonamides is 1. The second-order valence-corrected chi connectivity index (χ2v) is 7.38. The lowest BCUT2D eigenvalue weighted by Crippen LogP contribution is -2.40. The van der Waals surface area contributed by atoms with E-state index in [0.717, 1.165) is 4.31 Å². The van der Waals surface area contributed by atoms with Gasteiger partial charge in [0.15, 0.2) is 0 Å². The molecule has 1 fully saturated rings. The van der Waals surface area contributed by atoms with E-state index in [9.17, 15) is 18.3 Å². The van der Waals surface area contributed by atoms with E-state index in [0.29, 0.717) is 12.0 Å². The van der Waals surface area contributed by atoms with Crippen LogP contribution in [0.1, 0.15) is 12.0 Å². The Morgan fingerprint density at radius 1 is 1.48 bits per heavy atom. The fraction of sp³-hybridized carbons (Fsp3) is 0.500. The van der Waals surface area contributed by atoms with Gasteiger partial charge in [-0.1, -0.05) is 6.07 Å². The Bertz CT molecular complexity index is 642. The standard InChI is InChI=1S/C14H19N2O4S/c1-10-5-4-6-12(7-10)21(19,20)16-9-11(15(2)3)8-13(16)14(17)18/h4,6-7,11,13H,8-9H2,1-3H3,(H,17,18)/t11-,13+/m1/s1. The molecule has 0 saturated carbocycles. The zero-order valence-electron chi connectivity index (χ0n) is 12.3. The molecule has 0 spiro atoms. The maximum absolute atomic E-state index is 12.7. The average molecular weight is 311 g/mol. The molecule has 2 atom stereocenters. The summed E-state index contributed by atoms with van der Waals surface area (Å²) in [7, 11) is -0.174. The molecule has 1 N–H and O–H groups in total. The normalized spacial score (nSPS) is 23.6. The molecule has 1 aromatic carbocycles. The molecular weight excluding hydrogens is 292 g/mol. The van der Waals surface area contributed by atoms with Gasteiger partial charge in [-0.15, -0.1) is 0 Å². The molecule has 0 bridgehead atoms. The first-order valence-corrected chi connectivity index (χ1v) is 8.07. The van der Waals surface area contributed by atoms with Crippen LogP contribution >= 0.6 is 0 Å². The molecule has 1 radical (unpaired) electrons. The van der Waals surface area contributed by atoms with Gasteiger partial charge in [0.1, 0.15) is 6.04 Å². The molecule has 6 nitrogen and oxygen atoms in total. The highest BCUT2D eigenvalue weighted by Gasteiger charge is 2.44. The third-order valence-electron chi connectivity index (χ3n) is 3.77. The largest absolute Gasteiger partial charge is 0.480 e. The minimum atomic E-state index is -3.82. The zero-order valence-corrected chi connectivity index (χ0v) is 13.1. The number of hydrogen-bond donors (Lipinski definition) is 1. The van der Waals surface area contributed by atoms with Crippen LogP contribution in [0, 0.1) is 13.0 Å². The molecule has 1 aliphatic heterocycles. The van der Waals surface area contributed by atoms with Crippen LogP contribution in [0.3, 0.4) is 0 Å². The maximum Gasteiger partial charge on any atom is 0.322 e. The summed E-state index contributed by atoms with van der Waals surface area (Å²) < 4.78 is 26.5. The van der Waals surface area contributed by atoms with Crippen LogP contribution < -0.4 is 0 Å². The van der Waals surface area contributed by atoms with Crippen LogP contribution in [0.4, 0.5) is 0 Å².